The van der Waals surface area contributed by atoms with E-state index in [9.17, 15) is 4.79 Å². The maximum atomic E-state index is 13.0. The zero-order valence-corrected chi connectivity index (χ0v) is 14.5. The SMILES string of the molecule is COCC1(CNC(=O)C2C3CC4CC(C3)CC2C4)CCNCC1. The van der Waals surface area contributed by atoms with Crippen LogP contribution in [0.1, 0.15) is 44.9 Å². The van der Waals surface area contributed by atoms with Crippen molar-refractivity contribution in [2.75, 3.05) is 33.4 Å². The standard InChI is InChI=1S/C19H32N2O2/c1-23-12-19(2-4-20-5-3-19)11-21-18(22)17-15-7-13-6-14(9-15)10-16(17)8-13/h13-17,20H,2-12H2,1H3,(H,21,22). The summed E-state index contributed by atoms with van der Waals surface area (Å²) in [6.07, 6.45) is 8.92. The fraction of sp³-hybridized carbons (Fsp3) is 0.947. The van der Waals surface area contributed by atoms with E-state index in [-0.39, 0.29) is 5.41 Å². The summed E-state index contributed by atoms with van der Waals surface area (Å²) in [5.74, 6) is 3.89. The Morgan fingerprint density at radius 1 is 1.09 bits per heavy atom. The second-order valence-electron chi connectivity index (χ2n) is 8.86. The molecule has 4 bridgehead atoms. The van der Waals surface area contributed by atoms with E-state index < -0.39 is 0 Å². The van der Waals surface area contributed by atoms with E-state index in [1.807, 2.05) is 0 Å². The minimum Gasteiger partial charge on any atom is -0.384 e. The highest BCUT2D eigenvalue weighted by molar-refractivity contribution is 5.79. The predicted octanol–water partition coefficient (Wildman–Crippen LogP) is 2.19. The third kappa shape index (κ3) is 3.05. The summed E-state index contributed by atoms with van der Waals surface area (Å²) in [5.41, 5.74) is 0.140. The largest absolute Gasteiger partial charge is 0.384 e. The first-order valence-corrected chi connectivity index (χ1v) is 9.66. The summed E-state index contributed by atoms with van der Waals surface area (Å²) in [7, 11) is 1.78. The first kappa shape index (κ1) is 15.9. The van der Waals surface area contributed by atoms with Crippen LogP contribution in [0.25, 0.3) is 0 Å². The summed E-state index contributed by atoms with van der Waals surface area (Å²) >= 11 is 0. The van der Waals surface area contributed by atoms with Gasteiger partial charge < -0.3 is 15.4 Å². The fourth-order valence-electron chi connectivity index (χ4n) is 6.38. The minimum atomic E-state index is 0.140. The van der Waals surface area contributed by atoms with Crippen molar-refractivity contribution < 1.29 is 9.53 Å². The number of ether oxygens (including phenoxy) is 1. The van der Waals surface area contributed by atoms with Crippen molar-refractivity contribution >= 4 is 5.91 Å². The zero-order valence-electron chi connectivity index (χ0n) is 14.5. The molecule has 1 saturated heterocycles. The summed E-state index contributed by atoms with van der Waals surface area (Å²) in [6, 6.07) is 0. The molecule has 0 spiro atoms. The van der Waals surface area contributed by atoms with Gasteiger partial charge in [-0.25, -0.2) is 0 Å². The molecule has 5 fully saturated rings. The smallest absolute Gasteiger partial charge is 0.223 e. The van der Waals surface area contributed by atoms with E-state index in [2.05, 4.69) is 10.6 Å². The molecule has 4 heteroatoms. The quantitative estimate of drug-likeness (QED) is 0.816. The number of piperidine rings is 1. The second-order valence-corrected chi connectivity index (χ2v) is 8.86. The molecule has 5 aliphatic rings. The van der Waals surface area contributed by atoms with Crippen molar-refractivity contribution in [3.05, 3.63) is 0 Å². The van der Waals surface area contributed by atoms with Gasteiger partial charge in [-0.15, -0.1) is 0 Å². The predicted molar refractivity (Wildman–Crippen MR) is 90.0 cm³/mol. The Kier molecular flexibility index (Phi) is 4.39. The van der Waals surface area contributed by atoms with Gasteiger partial charge in [0.05, 0.1) is 6.61 Å². The lowest BCUT2D eigenvalue weighted by Gasteiger charge is -2.53. The van der Waals surface area contributed by atoms with Crippen molar-refractivity contribution in [3.63, 3.8) is 0 Å². The Balaban J connectivity index is 1.38. The van der Waals surface area contributed by atoms with Gasteiger partial charge in [-0.2, -0.15) is 0 Å². The van der Waals surface area contributed by atoms with Crippen molar-refractivity contribution in [2.24, 2.45) is 35.0 Å². The Morgan fingerprint density at radius 2 is 1.70 bits per heavy atom. The van der Waals surface area contributed by atoms with E-state index in [0.29, 0.717) is 23.7 Å². The van der Waals surface area contributed by atoms with Gasteiger partial charge in [0.25, 0.3) is 0 Å². The van der Waals surface area contributed by atoms with Crippen LogP contribution in [0.3, 0.4) is 0 Å². The first-order chi connectivity index (χ1) is 11.2. The summed E-state index contributed by atoms with van der Waals surface area (Å²) in [4.78, 5) is 13.0. The van der Waals surface area contributed by atoms with Crippen LogP contribution in [0.5, 0.6) is 0 Å². The second kappa shape index (κ2) is 6.36. The molecule has 0 radical (unpaired) electrons. The Bertz CT molecular complexity index is 411. The maximum Gasteiger partial charge on any atom is 0.223 e. The molecule has 2 N–H and O–H groups in total. The number of hydrogen-bond donors (Lipinski definition) is 2. The lowest BCUT2D eigenvalue weighted by atomic mass is 9.51. The number of nitrogens with one attached hydrogen (secondary N) is 2. The Labute approximate surface area is 140 Å². The normalized spacial score (nSPS) is 41.0. The Morgan fingerprint density at radius 3 is 2.26 bits per heavy atom. The monoisotopic (exact) mass is 320 g/mol. The van der Waals surface area contributed by atoms with Crippen molar-refractivity contribution in [1.29, 1.82) is 0 Å². The summed E-state index contributed by atoms with van der Waals surface area (Å²) in [5, 5.41) is 6.78. The van der Waals surface area contributed by atoms with E-state index in [0.717, 1.165) is 50.9 Å². The highest BCUT2D eigenvalue weighted by Gasteiger charge is 2.50. The molecule has 1 amide bonds. The van der Waals surface area contributed by atoms with Gasteiger partial charge >= 0.3 is 0 Å². The molecule has 0 atom stereocenters. The third-order valence-corrected chi connectivity index (χ3v) is 7.28. The average Bonchev–Trinajstić information content (AvgIpc) is 2.53. The van der Waals surface area contributed by atoms with Crippen LogP contribution in [0.2, 0.25) is 0 Å². The molecule has 0 aromatic rings. The number of hydrogen-bond acceptors (Lipinski definition) is 3. The van der Waals surface area contributed by atoms with Gasteiger partial charge in [0.15, 0.2) is 0 Å². The summed E-state index contributed by atoms with van der Waals surface area (Å²) < 4.78 is 5.48. The minimum absolute atomic E-state index is 0.140. The van der Waals surface area contributed by atoms with Gasteiger partial charge in [0.2, 0.25) is 5.91 Å². The number of amides is 1. The highest BCUT2D eigenvalue weighted by atomic mass is 16.5. The molecule has 0 unspecified atom stereocenters. The molecule has 0 aromatic carbocycles. The molecular weight excluding hydrogens is 288 g/mol. The van der Waals surface area contributed by atoms with Crippen LogP contribution in [0.15, 0.2) is 0 Å². The van der Waals surface area contributed by atoms with Crippen LogP contribution in [0.4, 0.5) is 0 Å². The van der Waals surface area contributed by atoms with Crippen LogP contribution in [0, 0.1) is 35.0 Å². The Hall–Kier alpha value is -0.610. The van der Waals surface area contributed by atoms with Gasteiger partial charge in [0, 0.05) is 25.0 Å². The van der Waals surface area contributed by atoms with E-state index in [1.165, 1.54) is 32.1 Å². The summed E-state index contributed by atoms with van der Waals surface area (Å²) in [6.45, 7) is 3.63. The van der Waals surface area contributed by atoms with Crippen LogP contribution >= 0.6 is 0 Å². The average molecular weight is 320 g/mol. The van der Waals surface area contributed by atoms with Crippen LogP contribution < -0.4 is 10.6 Å². The molecule has 5 rings (SSSR count). The zero-order chi connectivity index (χ0) is 15.9. The van der Waals surface area contributed by atoms with Crippen LogP contribution in [-0.4, -0.2) is 39.3 Å². The van der Waals surface area contributed by atoms with Gasteiger partial charge in [-0.1, -0.05) is 0 Å². The molecule has 0 aromatic heterocycles. The van der Waals surface area contributed by atoms with Crippen molar-refractivity contribution in [3.8, 4) is 0 Å². The molecule has 23 heavy (non-hydrogen) atoms. The van der Waals surface area contributed by atoms with E-state index in [4.69, 9.17) is 4.74 Å². The van der Waals surface area contributed by atoms with Gasteiger partial charge in [-0.3, -0.25) is 4.79 Å². The lowest BCUT2D eigenvalue weighted by Crippen LogP contribution is -2.53. The molecule has 4 aliphatic carbocycles. The molecular formula is C19H32N2O2. The fourth-order valence-corrected chi connectivity index (χ4v) is 6.38. The lowest BCUT2D eigenvalue weighted by molar-refractivity contribution is -0.139. The molecule has 4 saturated carbocycles. The third-order valence-electron chi connectivity index (χ3n) is 7.28. The number of rotatable bonds is 5. The van der Waals surface area contributed by atoms with Gasteiger partial charge in [-0.05, 0) is 81.7 Å². The van der Waals surface area contributed by atoms with Crippen molar-refractivity contribution in [2.45, 2.75) is 44.9 Å². The van der Waals surface area contributed by atoms with Crippen molar-refractivity contribution in [1.82, 2.24) is 10.6 Å². The first-order valence-electron chi connectivity index (χ1n) is 9.66. The highest BCUT2D eigenvalue weighted by Crippen LogP contribution is 2.56. The molecule has 1 aliphatic heterocycles. The molecule has 4 nitrogen and oxygen atoms in total. The van der Waals surface area contributed by atoms with Gasteiger partial charge in [0.1, 0.15) is 0 Å². The topological polar surface area (TPSA) is 50.4 Å². The number of methoxy groups -OCH3 is 1. The number of carbonyl (C=O) groups excluding carboxylic acids is 1. The molecule has 1 heterocycles. The van der Waals surface area contributed by atoms with E-state index in [1.54, 1.807) is 7.11 Å². The number of carbonyl (C=O) groups is 1. The van der Waals surface area contributed by atoms with E-state index >= 15 is 0 Å². The van der Waals surface area contributed by atoms with Crippen LogP contribution in [-0.2, 0) is 9.53 Å². The molecule has 130 valence electrons. The maximum absolute atomic E-state index is 13.0.